The number of aliphatic carboxylic acids is 2. The van der Waals surface area contributed by atoms with E-state index in [1.54, 1.807) is 18.3 Å². The first-order chi connectivity index (χ1) is 14.3. The third-order valence-electron chi connectivity index (χ3n) is 4.46. The van der Waals surface area contributed by atoms with Crippen LogP contribution in [0.3, 0.4) is 0 Å². The lowest BCUT2D eigenvalue weighted by molar-refractivity contribution is -0.140. The number of benzene rings is 2. The zero-order chi connectivity index (χ0) is 21.7. The summed E-state index contributed by atoms with van der Waals surface area (Å²) in [7, 11) is 0. The molecule has 0 saturated heterocycles. The molecule has 0 unspecified atom stereocenters. The SMILES string of the molecule is O=C(O)CC(=O)Nc1ccccc1C(=O)N[C@@H](Cc1c[nH]c2ccccc12)C(=O)O. The number of nitrogens with one attached hydrogen (secondary N) is 3. The van der Waals surface area contributed by atoms with E-state index in [2.05, 4.69) is 15.6 Å². The molecule has 0 fully saturated rings. The van der Waals surface area contributed by atoms with Crippen molar-refractivity contribution in [1.29, 1.82) is 0 Å². The first-order valence-electron chi connectivity index (χ1n) is 9.04. The summed E-state index contributed by atoms with van der Waals surface area (Å²) in [4.78, 5) is 50.0. The van der Waals surface area contributed by atoms with E-state index >= 15 is 0 Å². The monoisotopic (exact) mass is 409 g/mol. The first kappa shape index (κ1) is 20.6. The third-order valence-corrected chi connectivity index (χ3v) is 4.46. The molecule has 1 heterocycles. The molecule has 0 aliphatic rings. The second kappa shape index (κ2) is 8.91. The molecule has 9 heteroatoms. The van der Waals surface area contributed by atoms with Crippen molar-refractivity contribution < 1.29 is 29.4 Å². The van der Waals surface area contributed by atoms with Gasteiger partial charge >= 0.3 is 11.9 Å². The predicted molar refractivity (Wildman–Crippen MR) is 108 cm³/mol. The van der Waals surface area contributed by atoms with Gasteiger partial charge in [-0.15, -0.1) is 0 Å². The average Bonchev–Trinajstić information content (AvgIpc) is 3.10. The fourth-order valence-corrected chi connectivity index (χ4v) is 3.08. The Balaban J connectivity index is 1.78. The molecule has 30 heavy (non-hydrogen) atoms. The maximum Gasteiger partial charge on any atom is 0.326 e. The first-order valence-corrected chi connectivity index (χ1v) is 9.04. The van der Waals surface area contributed by atoms with Crippen LogP contribution in [0, 0.1) is 0 Å². The van der Waals surface area contributed by atoms with E-state index in [1.807, 2.05) is 24.3 Å². The van der Waals surface area contributed by atoms with Gasteiger partial charge in [-0.25, -0.2) is 4.79 Å². The Hall–Kier alpha value is -4.14. The third kappa shape index (κ3) is 4.82. The predicted octanol–water partition coefficient (Wildman–Crippen LogP) is 2.01. The maximum absolute atomic E-state index is 12.7. The summed E-state index contributed by atoms with van der Waals surface area (Å²) < 4.78 is 0. The number of aromatic amines is 1. The van der Waals surface area contributed by atoms with Crippen LogP contribution in [0.25, 0.3) is 10.9 Å². The fourth-order valence-electron chi connectivity index (χ4n) is 3.08. The van der Waals surface area contributed by atoms with E-state index < -0.39 is 36.2 Å². The van der Waals surface area contributed by atoms with Crippen molar-refractivity contribution in [3.63, 3.8) is 0 Å². The molecule has 0 saturated carbocycles. The number of aromatic nitrogens is 1. The van der Waals surface area contributed by atoms with Gasteiger partial charge < -0.3 is 25.8 Å². The standard InChI is InChI=1S/C21H19N3O6/c25-18(10-19(26)27)23-16-8-4-2-6-14(16)20(28)24-17(21(29)30)9-12-11-22-15-7-3-1-5-13(12)15/h1-8,11,17,22H,9-10H2,(H,23,25)(H,24,28)(H,26,27)(H,29,30)/t17-/m0/s1. The molecule has 2 aromatic carbocycles. The number of hydrogen-bond donors (Lipinski definition) is 5. The number of hydrogen-bond acceptors (Lipinski definition) is 4. The van der Waals surface area contributed by atoms with Gasteiger partial charge in [0, 0.05) is 23.5 Å². The van der Waals surface area contributed by atoms with Crippen molar-refractivity contribution in [2.75, 3.05) is 5.32 Å². The second-order valence-corrected chi connectivity index (χ2v) is 6.59. The lowest BCUT2D eigenvalue weighted by Gasteiger charge is -2.16. The van der Waals surface area contributed by atoms with E-state index in [0.29, 0.717) is 0 Å². The molecule has 154 valence electrons. The lowest BCUT2D eigenvalue weighted by atomic mass is 10.0. The number of amides is 2. The highest BCUT2D eigenvalue weighted by Crippen LogP contribution is 2.20. The van der Waals surface area contributed by atoms with Crippen molar-refractivity contribution in [3.05, 3.63) is 65.9 Å². The topological polar surface area (TPSA) is 149 Å². The number of carboxylic acids is 2. The maximum atomic E-state index is 12.7. The van der Waals surface area contributed by atoms with Crippen LogP contribution in [-0.2, 0) is 20.8 Å². The minimum Gasteiger partial charge on any atom is -0.481 e. The number of fused-ring (bicyclic) bond motifs is 1. The Bertz CT molecular complexity index is 1120. The largest absolute Gasteiger partial charge is 0.481 e. The Morgan fingerprint density at radius 1 is 0.967 bits per heavy atom. The van der Waals surface area contributed by atoms with Crippen LogP contribution in [0.1, 0.15) is 22.3 Å². The van der Waals surface area contributed by atoms with Gasteiger partial charge in [-0.3, -0.25) is 14.4 Å². The van der Waals surface area contributed by atoms with Gasteiger partial charge in [-0.1, -0.05) is 30.3 Å². The molecular weight excluding hydrogens is 390 g/mol. The zero-order valence-corrected chi connectivity index (χ0v) is 15.7. The van der Waals surface area contributed by atoms with Crippen molar-refractivity contribution in [1.82, 2.24) is 10.3 Å². The van der Waals surface area contributed by atoms with Crippen LogP contribution in [-0.4, -0.2) is 45.0 Å². The summed E-state index contributed by atoms with van der Waals surface area (Å²) in [6.07, 6.45) is 1.000. The molecule has 1 atom stereocenters. The summed E-state index contributed by atoms with van der Waals surface area (Å²) in [5, 5.41) is 24.0. The van der Waals surface area contributed by atoms with Gasteiger partial charge in [0.2, 0.25) is 5.91 Å². The molecule has 1 aromatic heterocycles. The summed E-state index contributed by atoms with van der Waals surface area (Å²) in [6.45, 7) is 0. The fraction of sp³-hybridized carbons (Fsp3) is 0.143. The Labute approximate surface area is 170 Å². The molecule has 2 amide bonds. The molecule has 9 nitrogen and oxygen atoms in total. The summed E-state index contributed by atoms with van der Waals surface area (Å²) in [6, 6.07) is 12.2. The van der Waals surface area contributed by atoms with E-state index in [-0.39, 0.29) is 17.7 Å². The number of rotatable bonds is 8. The number of carbonyl (C=O) groups is 4. The summed E-state index contributed by atoms with van der Waals surface area (Å²) in [5.41, 5.74) is 1.72. The molecule has 0 aliphatic carbocycles. The number of anilines is 1. The van der Waals surface area contributed by atoms with Gasteiger partial charge in [0.05, 0.1) is 11.3 Å². The van der Waals surface area contributed by atoms with Crippen LogP contribution in [0.15, 0.2) is 54.7 Å². The number of carboxylic acid groups (broad SMARTS) is 2. The second-order valence-electron chi connectivity index (χ2n) is 6.59. The van der Waals surface area contributed by atoms with Gasteiger partial charge in [0.25, 0.3) is 5.91 Å². The quantitative estimate of drug-likeness (QED) is 0.359. The van der Waals surface area contributed by atoms with Crippen molar-refractivity contribution >= 4 is 40.3 Å². The Morgan fingerprint density at radius 3 is 2.40 bits per heavy atom. The highest BCUT2D eigenvalue weighted by molar-refractivity contribution is 6.07. The van der Waals surface area contributed by atoms with Crippen LogP contribution >= 0.6 is 0 Å². The summed E-state index contributed by atoms with van der Waals surface area (Å²) >= 11 is 0. The van der Waals surface area contributed by atoms with Gasteiger partial charge in [0.15, 0.2) is 0 Å². The molecule has 0 spiro atoms. The van der Waals surface area contributed by atoms with Gasteiger partial charge in [-0.2, -0.15) is 0 Å². The minimum absolute atomic E-state index is 0.0291. The molecule has 0 radical (unpaired) electrons. The van der Waals surface area contributed by atoms with E-state index in [0.717, 1.165) is 16.5 Å². The molecule has 3 rings (SSSR count). The van der Waals surface area contributed by atoms with Crippen LogP contribution in [0.2, 0.25) is 0 Å². The smallest absolute Gasteiger partial charge is 0.326 e. The highest BCUT2D eigenvalue weighted by Gasteiger charge is 2.24. The molecule has 3 aromatic rings. The normalized spacial score (nSPS) is 11.6. The van der Waals surface area contributed by atoms with Gasteiger partial charge in [-0.05, 0) is 23.8 Å². The summed E-state index contributed by atoms with van der Waals surface area (Å²) in [5.74, 6) is -4.01. The molecule has 0 aliphatic heterocycles. The van der Waals surface area contributed by atoms with Crippen LogP contribution < -0.4 is 10.6 Å². The average molecular weight is 409 g/mol. The number of carbonyl (C=O) groups excluding carboxylic acids is 2. The lowest BCUT2D eigenvalue weighted by Crippen LogP contribution is -2.42. The van der Waals surface area contributed by atoms with Crippen molar-refractivity contribution in [2.24, 2.45) is 0 Å². The Kier molecular flexibility index (Phi) is 6.11. The van der Waals surface area contributed by atoms with Crippen LogP contribution in [0.4, 0.5) is 5.69 Å². The number of H-pyrrole nitrogens is 1. The minimum atomic E-state index is -1.31. The van der Waals surface area contributed by atoms with Crippen molar-refractivity contribution in [3.8, 4) is 0 Å². The number of para-hydroxylation sites is 2. The van der Waals surface area contributed by atoms with Crippen molar-refractivity contribution in [2.45, 2.75) is 18.9 Å². The highest BCUT2D eigenvalue weighted by atomic mass is 16.4. The zero-order valence-electron chi connectivity index (χ0n) is 15.7. The Morgan fingerprint density at radius 2 is 1.67 bits per heavy atom. The van der Waals surface area contributed by atoms with E-state index in [4.69, 9.17) is 5.11 Å². The molecule has 5 N–H and O–H groups in total. The van der Waals surface area contributed by atoms with E-state index in [9.17, 15) is 24.3 Å². The van der Waals surface area contributed by atoms with E-state index in [1.165, 1.54) is 12.1 Å². The van der Waals surface area contributed by atoms with Gasteiger partial charge in [0.1, 0.15) is 12.5 Å². The molecular formula is C21H19N3O6. The molecule has 0 bridgehead atoms. The van der Waals surface area contributed by atoms with Crippen LogP contribution in [0.5, 0.6) is 0 Å².